The van der Waals surface area contributed by atoms with Gasteiger partial charge in [0.2, 0.25) is 0 Å². The summed E-state index contributed by atoms with van der Waals surface area (Å²) in [7, 11) is 0. The van der Waals surface area contributed by atoms with Crippen molar-refractivity contribution in [2.75, 3.05) is 13.2 Å². The van der Waals surface area contributed by atoms with Crippen molar-refractivity contribution < 1.29 is 24.0 Å². The van der Waals surface area contributed by atoms with E-state index in [4.69, 9.17) is 9.47 Å². The zero-order valence-electron chi connectivity index (χ0n) is 20.6. The van der Waals surface area contributed by atoms with E-state index in [1.165, 1.54) is 22.6 Å². The minimum Gasteiger partial charge on any atom is -0.490 e. The lowest BCUT2D eigenvalue weighted by atomic mass is 10.1. The van der Waals surface area contributed by atoms with Crippen LogP contribution in [0, 0.1) is 10.1 Å². The molecule has 0 saturated carbocycles. The summed E-state index contributed by atoms with van der Waals surface area (Å²) in [5.41, 5.74) is 2.61. The monoisotopic (exact) mass is 596 g/mol. The topological polar surface area (TPSA) is 99.0 Å². The molecule has 0 unspecified atom stereocenters. The molecule has 38 heavy (non-hydrogen) atoms. The van der Waals surface area contributed by atoms with Crippen LogP contribution in [0.1, 0.15) is 30.0 Å². The van der Waals surface area contributed by atoms with E-state index < -0.39 is 4.92 Å². The molecule has 1 saturated heterocycles. The van der Waals surface area contributed by atoms with Gasteiger partial charge in [0.1, 0.15) is 6.61 Å². The van der Waals surface area contributed by atoms with Gasteiger partial charge in [-0.15, -0.1) is 0 Å². The van der Waals surface area contributed by atoms with Crippen LogP contribution in [0.5, 0.6) is 11.5 Å². The molecule has 8 nitrogen and oxygen atoms in total. The second kappa shape index (κ2) is 12.7. The van der Waals surface area contributed by atoms with Crippen molar-refractivity contribution in [2.24, 2.45) is 0 Å². The lowest BCUT2D eigenvalue weighted by Gasteiger charge is -2.15. The highest BCUT2D eigenvalue weighted by Gasteiger charge is 2.34. The summed E-state index contributed by atoms with van der Waals surface area (Å²) in [6.07, 6.45) is 3.15. The van der Waals surface area contributed by atoms with Crippen LogP contribution in [-0.2, 0) is 17.8 Å². The smallest absolute Gasteiger partial charge is 0.293 e. The van der Waals surface area contributed by atoms with E-state index in [9.17, 15) is 19.7 Å². The molecular weight excluding hydrogens is 572 g/mol. The van der Waals surface area contributed by atoms with Crippen LogP contribution in [0.4, 0.5) is 10.5 Å². The number of halogens is 1. The third kappa shape index (κ3) is 6.81. The number of carbonyl (C=O) groups is 2. The molecule has 0 aliphatic carbocycles. The first-order valence-corrected chi connectivity index (χ1v) is 13.6. The highest BCUT2D eigenvalue weighted by atomic mass is 79.9. The SMILES string of the molecule is CCOc1cc(/C=C2/SC(=O)N(CCCc3ccccc3)C2=O)cc(Br)c1OCc1ccc([N+](=O)[O-])cc1. The summed E-state index contributed by atoms with van der Waals surface area (Å²) < 4.78 is 12.4. The minimum absolute atomic E-state index is 0.00916. The molecule has 0 aromatic heterocycles. The number of nitro benzene ring substituents is 1. The van der Waals surface area contributed by atoms with Gasteiger partial charge in [-0.1, -0.05) is 30.3 Å². The molecule has 3 aromatic carbocycles. The molecule has 0 bridgehead atoms. The van der Waals surface area contributed by atoms with Crippen molar-refractivity contribution >= 4 is 50.6 Å². The molecule has 4 rings (SSSR count). The number of hydrogen-bond acceptors (Lipinski definition) is 7. The Labute approximate surface area is 232 Å². The van der Waals surface area contributed by atoms with Crippen LogP contribution in [0.15, 0.2) is 76.1 Å². The fourth-order valence-corrected chi connectivity index (χ4v) is 5.31. The highest BCUT2D eigenvalue weighted by Crippen LogP contribution is 2.40. The summed E-state index contributed by atoms with van der Waals surface area (Å²) in [5.74, 6) is 0.633. The number of rotatable bonds is 11. The molecule has 0 radical (unpaired) electrons. The van der Waals surface area contributed by atoms with Crippen LogP contribution in [0.25, 0.3) is 6.08 Å². The number of imide groups is 1. The van der Waals surface area contributed by atoms with Crippen molar-refractivity contribution in [1.29, 1.82) is 0 Å². The third-order valence-electron chi connectivity index (χ3n) is 5.72. The molecule has 1 heterocycles. The number of amides is 2. The van der Waals surface area contributed by atoms with Gasteiger partial charge in [-0.2, -0.15) is 0 Å². The maximum atomic E-state index is 13.0. The largest absolute Gasteiger partial charge is 0.490 e. The Bertz CT molecular complexity index is 1360. The molecule has 1 aliphatic rings. The number of benzene rings is 3. The molecule has 196 valence electrons. The second-order valence-electron chi connectivity index (χ2n) is 8.40. The van der Waals surface area contributed by atoms with Gasteiger partial charge < -0.3 is 9.47 Å². The van der Waals surface area contributed by atoms with E-state index in [2.05, 4.69) is 15.9 Å². The van der Waals surface area contributed by atoms with Gasteiger partial charge in [0.15, 0.2) is 11.5 Å². The Morgan fingerprint density at radius 2 is 1.76 bits per heavy atom. The van der Waals surface area contributed by atoms with Crippen LogP contribution in [0.2, 0.25) is 0 Å². The Kier molecular flexibility index (Phi) is 9.19. The number of ether oxygens (including phenoxy) is 2. The first kappa shape index (κ1) is 27.4. The van der Waals surface area contributed by atoms with E-state index >= 15 is 0 Å². The predicted molar refractivity (Wildman–Crippen MR) is 150 cm³/mol. The zero-order chi connectivity index (χ0) is 27.1. The average molecular weight is 597 g/mol. The van der Waals surface area contributed by atoms with Gasteiger partial charge in [0, 0.05) is 18.7 Å². The van der Waals surface area contributed by atoms with E-state index in [0.717, 1.165) is 23.7 Å². The number of nitrogens with zero attached hydrogens (tertiary/aromatic N) is 2. The summed E-state index contributed by atoms with van der Waals surface area (Å²) in [6, 6.07) is 19.6. The highest BCUT2D eigenvalue weighted by molar-refractivity contribution is 9.10. The van der Waals surface area contributed by atoms with Crippen LogP contribution in [0.3, 0.4) is 0 Å². The summed E-state index contributed by atoms with van der Waals surface area (Å²) in [4.78, 5) is 37.5. The van der Waals surface area contributed by atoms with Gasteiger partial charge in [-0.3, -0.25) is 24.6 Å². The average Bonchev–Trinajstić information content (AvgIpc) is 3.16. The third-order valence-corrected chi connectivity index (χ3v) is 7.22. The maximum absolute atomic E-state index is 13.0. The normalized spacial score (nSPS) is 14.3. The second-order valence-corrected chi connectivity index (χ2v) is 10.2. The van der Waals surface area contributed by atoms with Crippen LogP contribution < -0.4 is 9.47 Å². The molecule has 1 fully saturated rings. The van der Waals surface area contributed by atoms with Gasteiger partial charge in [-0.05, 0) is 94.5 Å². The number of non-ortho nitro benzene ring substituents is 1. The van der Waals surface area contributed by atoms with Crippen molar-refractivity contribution in [2.45, 2.75) is 26.4 Å². The van der Waals surface area contributed by atoms with E-state index in [-0.39, 0.29) is 23.4 Å². The first-order valence-electron chi connectivity index (χ1n) is 12.0. The maximum Gasteiger partial charge on any atom is 0.293 e. The Morgan fingerprint density at radius 1 is 1.03 bits per heavy atom. The molecule has 0 N–H and O–H groups in total. The van der Waals surface area contributed by atoms with Gasteiger partial charge in [0.25, 0.3) is 16.8 Å². The van der Waals surface area contributed by atoms with Gasteiger partial charge in [-0.25, -0.2) is 0 Å². The molecular formula is C28H25BrN2O6S. The first-order chi connectivity index (χ1) is 18.4. The fourth-order valence-electron chi connectivity index (χ4n) is 3.87. The molecule has 3 aromatic rings. The van der Waals surface area contributed by atoms with Crippen molar-refractivity contribution in [3.63, 3.8) is 0 Å². The Balaban J connectivity index is 1.45. The number of thioether (sulfide) groups is 1. The van der Waals surface area contributed by atoms with Crippen molar-refractivity contribution in [1.82, 2.24) is 4.90 Å². The molecule has 1 aliphatic heterocycles. The van der Waals surface area contributed by atoms with E-state index in [1.54, 1.807) is 30.3 Å². The Hall–Kier alpha value is -3.63. The van der Waals surface area contributed by atoms with Crippen LogP contribution in [-0.4, -0.2) is 34.1 Å². The van der Waals surface area contributed by atoms with Gasteiger partial charge >= 0.3 is 0 Å². The summed E-state index contributed by atoms with van der Waals surface area (Å²) in [5, 5.41) is 10.6. The lowest BCUT2D eigenvalue weighted by Crippen LogP contribution is -2.29. The number of aryl methyl sites for hydroxylation is 1. The fraction of sp³-hybridized carbons (Fsp3) is 0.214. The number of nitro groups is 1. The standard InChI is InChI=1S/C28H25BrN2O6S/c1-2-36-24-16-21(15-23(29)26(24)37-18-20-10-12-22(13-11-20)31(34)35)17-25-27(32)30(28(33)38-25)14-6-9-19-7-4-3-5-8-19/h3-5,7-8,10-13,15-17H,2,6,9,14,18H2,1H3/b25-17+. The minimum atomic E-state index is -0.452. The van der Waals surface area contributed by atoms with E-state index in [1.807, 2.05) is 37.3 Å². The van der Waals surface area contributed by atoms with Gasteiger partial charge in [0.05, 0.1) is 20.9 Å². The van der Waals surface area contributed by atoms with Crippen molar-refractivity contribution in [3.8, 4) is 11.5 Å². The number of hydrogen-bond donors (Lipinski definition) is 0. The van der Waals surface area contributed by atoms with Crippen LogP contribution >= 0.6 is 27.7 Å². The summed E-state index contributed by atoms with van der Waals surface area (Å²) in [6.45, 7) is 2.78. The van der Waals surface area contributed by atoms with E-state index in [0.29, 0.717) is 46.0 Å². The number of carbonyl (C=O) groups excluding carboxylic acids is 2. The Morgan fingerprint density at radius 3 is 2.45 bits per heavy atom. The predicted octanol–water partition coefficient (Wildman–Crippen LogP) is 7.00. The molecule has 2 amide bonds. The lowest BCUT2D eigenvalue weighted by molar-refractivity contribution is -0.384. The summed E-state index contributed by atoms with van der Waals surface area (Å²) >= 11 is 4.45. The molecule has 0 spiro atoms. The van der Waals surface area contributed by atoms with Crippen molar-refractivity contribution in [3.05, 3.63) is 103 Å². The zero-order valence-corrected chi connectivity index (χ0v) is 23.0. The quantitative estimate of drug-likeness (QED) is 0.133. The molecule has 10 heteroatoms. The molecule has 0 atom stereocenters.